The molecule has 4 N–H and O–H groups in total. The van der Waals surface area contributed by atoms with Crippen LogP contribution >= 0.6 is 11.3 Å². The standard InChI is InChI=1S/C11H18N4O3S/c1-7-9(19-11(12)15-7)10(17)14-4-3-8(16)13-5-6-18-2/h3-6H2,1-2H3,(H2,12,15)(H,13,16)(H,14,17). The number of anilines is 1. The Balaban J connectivity index is 2.27. The lowest BCUT2D eigenvalue weighted by molar-refractivity contribution is -0.121. The average Bonchev–Trinajstić information content (AvgIpc) is 2.69. The molecule has 0 saturated heterocycles. The first-order valence-electron chi connectivity index (χ1n) is 5.81. The summed E-state index contributed by atoms with van der Waals surface area (Å²) in [6, 6.07) is 0. The highest BCUT2D eigenvalue weighted by molar-refractivity contribution is 7.17. The van der Waals surface area contributed by atoms with Crippen LogP contribution in [0.2, 0.25) is 0 Å². The number of thiazole rings is 1. The summed E-state index contributed by atoms with van der Waals surface area (Å²) in [7, 11) is 1.56. The summed E-state index contributed by atoms with van der Waals surface area (Å²) in [5.41, 5.74) is 6.12. The first-order chi connectivity index (χ1) is 9.04. The van der Waals surface area contributed by atoms with Crippen molar-refractivity contribution in [3.05, 3.63) is 10.6 Å². The summed E-state index contributed by atoms with van der Waals surface area (Å²) in [5, 5.41) is 5.69. The smallest absolute Gasteiger partial charge is 0.263 e. The van der Waals surface area contributed by atoms with Gasteiger partial charge in [-0.05, 0) is 6.92 Å². The van der Waals surface area contributed by atoms with Gasteiger partial charge in [-0.25, -0.2) is 4.98 Å². The Morgan fingerprint density at radius 1 is 1.37 bits per heavy atom. The van der Waals surface area contributed by atoms with Crippen molar-refractivity contribution >= 4 is 28.3 Å². The molecular formula is C11H18N4O3S. The van der Waals surface area contributed by atoms with Crippen LogP contribution < -0.4 is 16.4 Å². The van der Waals surface area contributed by atoms with E-state index in [1.807, 2.05) is 0 Å². The second-order valence-electron chi connectivity index (χ2n) is 3.82. The number of amides is 2. The molecule has 106 valence electrons. The molecular weight excluding hydrogens is 268 g/mol. The highest BCUT2D eigenvalue weighted by Gasteiger charge is 2.13. The third kappa shape index (κ3) is 5.23. The van der Waals surface area contributed by atoms with Gasteiger partial charge in [-0.1, -0.05) is 11.3 Å². The van der Waals surface area contributed by atoms with Gasteiger partial charge in [0.1, 0.15) is 4.88 Å². The number of nitrogens with one attached hydrogen (secondary N) is 2. The largest absolute Gasteiger partial charge is 0.383 e. The number of carbonyl (C=O) groups is 2. The summed E-state index contributed by atoms with van der Waals surface area (Å²) in [6.45, 7) is 2.93. The Hall–Kier alpha value is -1.67. The minimum absolute atomic E-state index is 0.127. The SMILES string of the molecule is COCCNC(=O)CCNC(=O)c1sc(N)nc1C. The van der Waals surface area contributed by atoms with Crippen LogP contribution in [0.1, 0.15) is 21.8 Å². The molecule has 7 nitrogen and oxygen atoms in total. The van der Waals surface area contributed by atoms with Crippen LogP contribution in [0.25, 0.3) is 0 Å². The Morgan fingerprint density at radius 2 is 2.11 bits per heavy atom. The Labute approximate surface area is 115 Å². The first-order valence-corrected chi connectivity index (χ1v) is 6.63. The number of nitrogen functional groups attached to an aromatic ring is 1. The molecule has 1 rings (SSSR count). The third-order valence-electron chi connectivity index (χ3n) is 2.29. The van der Waals surface area contributed by atoms with Crippen LogP contribution in [0, 0.1) is 6.92 Å². The maximum Gasteiger partial charge on any atom is 0.263 e. The normalized spacial score (nSPS) is 10.2. The van der Waals surface area contributed by atoms with E-state index in [-0.39, 0.29) is 24.8 Å². The molecule has 2 amide bonds. The molecule has 0 aromatic carbocycles. The molecule has 0 radical (unpaired) electrons. The fourth-order valence-electron chi connectivity index (χ4n) is 1.38. The number of methoxy groups -OCH3 is 1. The second-order valence-corrected chi connectivity index (χ2v) is 4.85. The third-order valence-corrected chi connectivity index (χ3v) is 3.27. The van der Waals surface area contributed by atoms with Gasteiger partial charge >= 0.3 is 0 Å². The number of carbonyl (C=O) groups excluding carboxylic acids is 2. The van der Waals surface area contributed by atoms with Gasteiger partial charge in [0.25, 0.3) is 5.91 Å². The maximum atomic E-state index is 11.8. The van der Waals surface area contributed by atoms with Gasteiger partial charge in [0, 0.05) is 26.6 Å². The molecule has 0 aliphatic carbocycles. The first kappa shape index (κ1) is 15.4. The van der Waals surface area contributed by atoms with Crippen molar-refractivity contribution in [2.75, 3.05) is 32.5 Å². The predicted octanol–water partition coefficient (Wildman–Crippen LogP) is -0.0838. The van der Waals surface area contributed by atoms with E-state index in [0.717, 1.165) is 11.3 Å². The number of aromatic nitrogens is 1. The van der Waals surface area contributed by atoms with Gasteiger partial charge in [0.2, 0.25) is 5.91 Å². The molecule has 0 saturated carbocycles. The maximum absolute atomic E-state index is 11.8. The molecule has 8 heteroatoms. The number of hydrogen-bond acceptors (Lipinski definition) is 6. The zero-order valence-corrected chi connectivity index (χ0v) is 11.8. The van der Waals surface area contributed by atoms with Crippen molar-refractivity contribution in [3.63, 3.8) is 0 Å². The van der Waals surface area contributed by atoms with Gasteiger partial charge in [0.15, 0.2) is 5.13 Å². The summed E-state index contributed by atoms with van der Waals surface area (Å²) < 4.78 is 4.81. The Bertz CT molecular complexity index is 447. The van der Waals surface area contributed by atoms with Crippen LogP contribution in [0.5, 0.6) is 0 Å². The van der Waals surface area contributed by atoms with Gasteiger partial charge < -0.3 is 21.1 Å². The van der Waals surface area contributed by atoms with Gasteiger partial charge in [-0.3, -0.25) is 9.59 Å². The van der Waals surface area contributed by atoms with Crippen molar-refractivity contribution < 1.29 is 14.3 Å². The monoisotopic (exact) mass is 286 g/mol. The van der Waals surface area contributed by atoms with E-state index in [9.17, 15) is 9.59 Å². The van der Waals surface area contributed by atoms with Crippen LogP contribution in [-0.4, -0.2) is 43.6 Å². The second kappa shape index (κ2) is 7.70. The molecule has 0 aliphatic heterocycles. The van der Waals surface area contributed by atoms with Crippen LogP contribution in [0.3, 0.4) is 0 Å². The van der Waals surface area contributed by atoms with Crippen molar-refractivity contribution in [3.8, 4) is 0 Å². The lowest BCUT2D eigenvalue weighted by Gasteiger charge is -2.05. The number of nitrogens with two attached hydrogens (primary N) is 1. The fourth-order valence-corrected chi connectivity index (χ4v) is 2.13. The van der Waals surface area contributed by atoms with E-state index >= 15 is 0 Å². The molecule has 1 aromatic rings. The number of aryl methyl sites for hydroxylation is 1. The van der Waals surface area contributed by atoms with E-state index in [1.54, 1.807) is 14.0 Å². The van der Waals surface area contributed by atoms with E-state index in [0.29, 0.717) is 28.9 Å². The number of nitrogens with zero attached hydrogens (tertiary/aromatic N) is 1. The topological polar surface area (TPSA) is 106 Å². The van der Waals surface area contributed by atoms with Gasteiger partial charge in [-0.15, -0.1) is 0 Å². The minimum atomic E-state index is -0.253. The van der Waals surface area contributed by atoms with Gasteiger partial charge in [0.05, 0.1) is 12.3 Å². The van der Waals surface area contributed by atoms with Gasteiger partial charge in [-0.2, -0.15) is 0 Å². The number of rotatable bonds is 7. The summed E-state index contributed by atoms with van der Waals surface area (Å²) in [6.07, 6.45) is 0.225. The van der Waals surface area contributed by atoms with E-state index in [1.165, 1.54) is 0 Å². The van der Waals surface area contributed by atoms with E-state index in [4.69, 9.17) is 10.5 Å². The van der Waals surface area contributed by atoms with E-state index in [2.05, 4.69) is 15.6 Å². The molecule has 1 aromatic heterocycles. The Morgan fingerprint density at radius 3 is 2.68 bits per heavy atom. The van der Waals surface area contributed by atoms with Crippen LogP contribution in [-0.2, 0) is 9.53 Å². The van der Waals surface area contributed by atoms with Crippen LogP contribution in [0.15, 0.2) is 0 Å². The van der Waals surface area contributed by atoms with Crippen molar-refractivity contribution in [1.82, 2.24) is 15.6 Å². The predicted molar refractivity (Wildman–Crippen MR) is 73.1 cm³/mol. The lowest BCUT2D eigenvalue weighted by atomic mass is 10.3. The summed E-state index contributed by atoms with van der Waals surface area (Å²) in [5.74, 6) is -0.380. The summed E-state index contributed by atoms with van der Waals surface area (Å²) >= 11 is 1.14. The lowest BCUT2D eigenvalue weighted by Crippen LogP contribution is -2.32. The Kier molecular flexibility index (Phi) is 6.23. The number of ether oxygens (including phenoxy) is 1. The van der Waals surface area contributed by atoms with Crippen molar-refractivity contribution in [1.29, 1.82) is 0 Å². The van der Waals surface area contributed by atoms with Crippen molar-refractivity contribution in [2.24, 2.45) is 0 Å². The van der Waals surface area contributed by atoms with Crippen LogP contribution in [0.4, 0.5) is 5.13 Å². The molecule has 0 aliphatic rings. The molecule has 0 bridgehead atoms. The molecule has 0 fully saturated rings. The molecule has 0 atom stereocenters. The quantitative estimate of drug-likeness (QED) is 0.608. The fraction of sp³-hybridized carbons (Fsp3) is 0.545. The highest BCUT2D eigenvalue weighted by Crippen LogP contribution is 2.19. The minimum Gasteiger partial charge on any atom is -0.383 e. The zero-order chi connectivity index (χ0) is 14.3. The molecule has 1 heterocycles. The average molecular weight is 286 g/mol. The number of hydrogen-bond donors (Lipinski definition) is 3. The summed E-state index contributed by atoms with van der Waals surface area (Å²) in [4.78, 5) is 27.6. The zero-order valence-electron chi connectivity index (χ0n) is 11.0. The highest BCUT2D eigenvalue weighted by atomic mass is 32.1. The molecule has 19 heavy (non-hydrogen) atoms. The molecule has 0 unspecified atom stereocenters. The van der Waals surface area contributed by atoms with E-state index < -0.39 is 0 Å². The van der Waals surface area contributed by atoms with Crippen molar-refractivity contribution in [2.45, 2.75) is 13.3 Å². The molecule has 0 spiro atoms.